The Labute approximate surface area is 192 Å². The van der Waals surface area contributed by atoms with Crippen molar-refractivity contribution in [1.82, 2.24) is 10.3 Å². The van der Waals surface area contributed by atoms with Crippen LogP contribution in [0.5, 0.6) is 0 Å². The van der Waals surface area contributed by atoms with Crippen LogP contribution in [-0.4, -0.2) is 30.4 Å². The molecule has 0 saturated carbocycles. The number of hydrazone groups is 1. The monoisotopic (exact) mass is 478 g/mol. The summed E-state index contributed by atoms with van der Waals surface area (Å²) < 4.78 is 77.6. The lowest BCUT2D eigenvalue weighted by molar-refractivity contribution is -0.138. The molecule has 1 fully saturated rings. The van der Waals surface area contributed by atoms with Gasteiger partial charge in [-0.3, -0.25) is 5.01 Å². The summed E-state index contributed by atoms with van der Waals surface area (Å²) in [6, 6.07) is 11.4. The first-order valence-corrected chi connectivity index (χ1v) is 10.6. The molecule has 0 aliphatic carbocycles. The molecule has 10 heteroatoms. The van der Waals surface area contributed by atoms with Gasteiger partial charge in [-0.05, 0) is 47.0 Å². The predicted octanol–water partition coefficient (Wildman–Crippen LogP) is 5.65. The number of nitriles is 1. The summed E-state index contributed by atoms with van der Waals surface area (Å²) in [5, 5.41) is 18.7. The van der Waals surface area contributed by atoms with Crippen LogP contribution in [0.25, 0.3) is 6.08 Å². The van der Waals surface area contributed by atoms with Gasteiger partial charge >= 0.3 is 12.4 Å². The van der Waals surface area contributed by atoms with Gasteiger partial charge in [0.25, 0.3) is 0 Å². The Balaban J connectivity index is 1.65. The van der Waals surface area contributed by atoms with Crippen molar-refractivity contribution in [3.05, 3.63) is 76.4 Å². The van der Waals surface area contributed by atoms with Gasteiger partial charge in [0.05, 0.1) is 35.4 Å². The zero-order valence-corrected chi connectivity index (χ0v) is 17.8. The van der Waals surface area contributed by atoms with Crippen LogP contribution >= 0.6 is 0 Å². The summed E-state index contributed by atoms with van der Waals surface area (Å²) in [7, 11) is 0. The number of alkyl halides is 6. The third kappa shape index (κ3) is 4.94. The molecule has 2 aromatic rings. The minimum absolute atomic E-state index is 0.187. The number of nitrogens with zero attached hydrogens (tertiary/aromatic N) is 3. The van der Waals surface area contributed by atoms with Crippen LogP contribution in [0.15, 0.2) is 59.2 Å². The fourth-order valence-corrected chi connectivity index (χ4v) is 4.32. The maximum atomic E-state index is 13.0. The fraction of sp³-hybridized carbons (Fsp3) is 0.333. The fourth-order valence-electron chi connectivity index (χ4n) is 4.32. The Bertz CT molecular complexity index is 1120. The van der Waals surface area contributed by atoms with Gasteiger partial charge in [0.2, 0.25) is 0 Å². The van der Waals surface area contributed by atoms with Gasteiger partial charge in [-0.2, -0.15) is 36.7 Å². The molecule has 2 aliphatic rings. The van der Waals surface area contributed by atoms with E-state index in [-0.39, 0.29) is 18.4 Å². The highest BCUT2D eigenvalue weighted by atomic mass is 19.4. The van der Waals surface area contributed by atoms with Crippen molar-refractivity contribution < 1.29 is 26.3 Å². The average Bonchev–Trinajstić information content (AvgIpc) is 3.16. The Hall–Kier alpha value is -3.32. The Morgan fingerprint density at radius 1 is 0.971 bits per heavy atom. The average molecular weight is 478 g/mol. The number of halogens is 6. The second kappa shape index (κ2) is 9.14. The maximum absolute atomic E-state index is 13.0. The summed E-state index contributed by atoms with van der Waals surface area (Å²) in [4.78, 5) is 0. The van der Waals surface area contributed by atoms with Crippen LogP contribution in [-0.2, 0) is 12.4 Å². The molecule has 0 bridgehead atoms. The van der Waals surface area contributed by atoms with Crippen LogP contribution in [0.3, 0.4) is 0 Å². The Morgan fingerprint density at radius 3 is 2.12 bits per heavy atom. The lowest BCUT2D eigenvalue weighted by Crippen LogP contribution is -2.40. The molecule has 2 heterocycles. The highest BCUT2D eigenvalue weighted by molar-refractivity contribution is 6.07. The summed E-state index contributed by atoms with van der Waals surface area (Å²) in [5.74, 6) is -0.190. The van der Waals surface area contributed by atoms with Gasteiger partial charge in [0.1, 0.15) is 0 Å². The SMILES string of the molecule is N#CCCN1N=C2/C(=C/c3ccc(C(F)(F)F)cc3)CNCC2C1c1ccc(C(F)(F)F)cc1. The molecule has 0 aromatic heterocycles. The van der Waals surface area contributed by atoms with Crippen molar-refractivity contribution in [3.8, 4) is 6.07 Å². The number of nitrogens with one attached hydrogen (secondary N) is 1. The van der Waals surface area contributed by atoms with Crippen LogP contribution in [0.1, 0.15) is 34.7 Å². The van der Waals surface area contributed by atoms with Gasteiger partial charge < -0.3 is 5.32 Å². The largest absolute Gasteiger partial charge is 0.416 e. The van der Waals surface area contributed by atoms with Crippen molar-refractivity contribution in [1.29, 1.82) is 5.26 Å². The molecule has 4 rings (SSSR count). The van der Waals surface area contributed by atoms with E-state index < -0.39 is 23.5 Å². The second-order valence-corrected chi connectivity index (χ2v) is 8.15. The van der Waals surface area contributed by atoms with Gasteiger partial charge in [0, 0.05) is 25.6 Å². The quantitative estimate of drug-likeness (QED) is 0.578. The minimum Gasteiger partial charge on any atom is -0.312 e. The van der Waals surface area contributed by atoms with Gasteiger partial charge in [-0.1, -0.05) is 24.3 Å². The topological polar surface area (TPSA) is 51.4 Å². The number of fused-ring (bicyclic) bond motifs is 1. The molecule has 4 nitrogen and oxygen atoms in total. The van der Waals surface area contributed by atoms with Crippen molar-refractivity contribution in [2.24, 2.45) is 11.0 Å². The molecule has 0 radical (unpaired) electrons. The lowest BCUT2D eigenvalue weighted by Gasteiger charge is -2.31. The Morgan fingerprint density at radius 2 is 1.56 bits per heavy atom. The second-order valence-electron chi connectivity index (χ2n) is 8.15. The van der Waals surface area contributed by atoms with E-state index >= 15 is 0 Å². The van der Waals surface area contributed by atoms with Crippen LogP contribution in [0.4, 0.5) is 26.3 Å². The number of hydrogen-bond donors (Lipinski definition) is 1. The van der Waals surface area contributed by atoms with Crippen LogP contribution in [0, 0.1) is 17.2 Å². The zero-order valence-electron chi connectivity index (χ0n) is 17.8. The molecular formula is C24H20F6N4. The summed E-state index contributed by atoms with van der Waals surface area (Å²) in [6.45, 7) is 1.27. The van der Waals surface area contributed by atoms with E-state index in [1.54, 1.807) is 11.1 Å². The molecule has 2 aromatic carbocycles. The van der Waals surface area contributed by atoms with Crippen molar-refractivity contribution in [2.45, 2.75) is 24.8 Å². The molecule has 2 atom stereocenters. The third-order valence-corrected chi connectivity index (χ3v) is 5.91. The van der Waals surface area contributed by atoms with E-state index in [0.717, 1.165) is 35.6 Å². The maximum Gasteiger partial charge on any atom is 0.416 e. The van der Waals surface area contributed by atoms with Gasteiger partial charge in [-0.15, -0.1) is 0 Å². The first kappa shape index (κ1) is 23.8. The zero-order chi connectivity index (χ0) is 24.5. The number of rotatable bonds is 4. The molecule has 1 saturated heterocycles. The standard InChI is InChI=1S/C24H20F6N4/c25-23(26,27)18-6-2-15(3-7-18)12-17-13-32-14-20-21(17)33-34(11-1-10-31)22(20)16-4-8-19(9-5-16)24(28,29)30/h2-9,12,20,22,32H,1,11,13-14H2/b17-12+. The highest BCUT2D eigenvalue weighted by Crippen LogP contribution is 2.40. The first-order chi connectivity index (χ1) is 16.1. The summed E-state index contributed by atoms with van der Waals surface area (Å²) in [5.41, 5.74) is 1.25. The molecule has 34 heavy (non-hydrogen) atoms. The third-order valence-electron chi connectivity index (χ3n) is 5.91. The molecule has 2 aliphatic heterocycles. The molecule has 1 N–H and O–H groups in total. The van der Waals surface area contributed by atoms with Crippen molar-refractivity contribution in [2.75, 3.05) is 19.6 Å². The smallest absolute Gasteiger partial charge is 0.312 e. The molecule has 0 amide bonds. The summed E-state index contributed by atoms with van der Waals surface area (Å²) in [6.07, 6.45) is -6.92. The summed E-state index contributed by atoms with van der Waals surface area (Å²) >= 11 is 0. The van der Waals surface area contributed by atoms with E-state index in [0.29, 0.717) is 30.8 Å². The number of hydrogen-bond acceptors (Lipinski definition) is 4. The van der Waals surface area contributed by atoms with Gasteiger partial charge in [-0.25, -0.2) is 0 Å². The molecular weight excluding hydrogens is 458 g/mol. The van der Waals surface area contributed by atoms with E-state index in [2.05, 4.69) is 11.4 Å². The van der Waals surface area contributed by atoms with E-state index in [9.17, 15) is 26.3 Å². The minimum atomic E-state index is -4.44. The predicted molar refractivity (Wildman–Crippen MR) is 114 cm³/mol. The highest BCUT2D eigenvalue weighted by Gasteiger charge is 2.41. The Kier molecular flexibility index (Phi) is 6.41. The molecule has 0 spiro atoms. The van der Waals surface area contributed by atoms with Crippen LogP contribution < -0.4 is 5.32 Å². The van der Waals surface area contributed by atoms with E-state index in [4.69, 9.17) is 10.4 Å². The van der Waals surface area contributed by atoms with Gasteiger partial charge in [0.15, 0.2) is 0 Å². The number of piperidine rings is 1. The van der Waals surface area contributed by atoms with Crippen LogP contribution in [0.2, 0.25) is 0 Å². The van der Waals surface area contributed by atoms with E-state index in [1.165, 1.54) is 24.3 Å². The lowest BCUT2D eigenvalue weighted by atomic mass is 9.83. The molecule has 2 unspecified atom stereocenters. The van der Waals surface area contributed by atoms with Crippen molar-refractivity contribution in [3.63, 3.8) is 0 Å². The first-order valence-electron chi connectivity index (χ1n) is 10.6. The van der Waals surface area contributed by atoms with Crippen molar-refractivity contribution >= 4 is 11.8 Å². The number of benzene rings is 2. The normalized spacial score (nSPS) is 21.9. The van der Waals surface area contributed by atoms with E-state index in [1.807, 2.05) is 0 Å². The molecule has 178 valence electrons.